The number of ether oxygens (including phenoxy) is 1. The first-order valence-electron chi connectivity index (χ1n) is 11.4. The molecule has 3 aliphatic rings. The summed E-state index contributed by atoms with van der Waals surface area (Å²) in [4.78, 5) is 18.1. The second kappa shape index (κ2) is 9.90. The van der Waals surface area contributed by atoms with Gasteiger partial charge in [0.05, 0.1) is 7.11 Å². The molecule has 3 aliphatic heterocycles. The number of hydrogen-bond acceptors (Lipinski definition) is 7. The second-order valence-electron chi connectivity index (χ2n) is 8.56. The highest BCUT2D eigenvalue weighted by atomic mass is 35.5. The van der Waals surface area contributed by atoms with Crippen LogP contribution in [0.5, 0.6) is 5.75 Å². The van der Waals surface area contributed by atoms with E-state index in [9.17, 15) is 4.79 Å². The van der Waals surface area contributed by atoms with Crippen molar-refractivity contribution in [3.8, 4) is 5.75 Å². The lowest BCUT2D eigenvalue weighted by molar-refractivity contribution is -0.129. The van der Waals surface area contributed by atoms with E-state index in [-0.39, 0.29) is 11.4 Å². The number of rotatable bonds is 6. The molecule has 0 aliphatic carbocycles. The van der Waals surface area contributed by atoms with Gasteiger partial charge in [-0.1, -0.05) is 35.5 Å². The molecule has 7 nitrogen and oxygen atoms in total. The number of nitrogens with one attached hydrogen (secondary N) is 1. The van der Waals surface area contributed by atoms with Crippen LogP contribution in [0.25, 0.3) is 0 Å². The van der Waals surface area contributed by atoms with Gasteiger partial charge in [-0.05, 0) is 49.7 Å². The Balaban J connectivity index is 1.17. The number of halogens is 1. The topological polar surface area (TPSA) is 60.4 Å². The molecule has 0 radical (unpaired) electrons. The predicted octanol–water partition coefficient (Wildman–Crippen LogP) is 3.96. The molecule has 1 amide bonds. The van der Waals surface area contributed by atoms with Crippen LogP contribution in [0.4, 0.5) is 5.69 Å². The molecule has 2 aromatic carbocycles. The van der Waals surface area contributed by atoms with E-state index < -0.39 is 0 Å². The minimum atomic E-state index is -0.199. The van der Waals surface area contributed by atoms with Gasteiger partial charge < -0.3 is 15.0 Å². The molecule has 1 atom stereocenters. The predicted molar refractivity (Wildman–Crippen MR) is 138 cm³/mol. The smallest absolute Gasteiger partial charge is 0.274 e. The summed E-state index contributed by atoms with van der Waals surface area (Å²) in [6.45, 7) is 6.73. The number of carbonyl (C=O) groups is 1. The van der Waals surface area contributed by atoms with Crippen molar-refractivity contribution >= 4 is 40.0 Å². The molecule has 0 saturated carbocycles. The third-order valence-corrected chi connectivity index (χ3v) is 7.82. The Morgan fingerprint density at radius 2 is 1.79 bits per heavy atom. The van der Waals surface area contributed by atoms with Gasteiger partial charge in [0.25, 0.3) is 5.91 Å². The lowest BCUT2D eigenvalue weighted by atomic mass is 10.1. The highest BCUT2D eigenvalue weighted by Crippen LogP contribution is 2.34. The molecule has 0 aromatic heterocycles. The highest BCUT2D eigenvalue weighted by molar-refractivity contribution is 8.15. The fourth-order valence-corrected chi connectivity index (χ4v) is 5.67. The molecular weight excluding hydrogens is 470 g/mol. The van der Waals surface area contributed by atoms with Gasteiger partial charge >= 0.3 is 0 Å². The Hall–Kier alpha value is -2.68. The summed E-state index contributed by atoms with van der Waals surface area (Å²) in [7, 11) is 1.69. The van der Waals surface area contributed by atoms with Crippen LogP contribution < -0.4 is 15.0 Å². The Bertz CT molecular complexity index is 1110. The summed E-state index contributed by atoms with van der Waals surface area (Å²) in [5.41, 5.74) is 3.75. The highest BCUT2D eigenvalue weighted by Gasteiger charge is 2.38. The lowest BCUT2D eigenvalue weighted by Gasteiger charge is -2.37. The maximum Gasteiger partial charge on any atom is 0.274 e. The summed E-state index contributed by atoms with van der Waals surface area (Å²) in [6.07, 6.45) is 0.708. The number of carbonyl (C=O) groups excluding carboxylic acids is 1. The molecule has 5 rings (SSSR count). The van der Waals surface area contributed by atoms with Gasteiger partial charge in [-0.25, -0.2) is 0 Å². The zero-order chi connectivity index (χ0) is 23.7. The van der Waals surface area contributed by atoms with Crippen molar-refractivity contribution in [2.45, 2.75) is 18.8 Å². The van der Waals surface area contributed by atoms with Crippen LogP contribution in [0.3, 0.4) is 0 Å². The minimum Gasteiger partial charge on any atom is -0.497 e. The quantitative estimate of drug-likeness (QED) is 0.652. The monoisotopic (exact) mass is 497 g/mol. The van der Waals surface area contributed by atoms with E-state index in [1.807, 2.05) is 43.3 Å². The van der Waals surface area contributed by atoms with E-state index in [4.69, 9.17) is 16.3 Å². The number of hydrazone groups is 1. The average Bonchev–Trinajstić information content (AvgIpc) is 3.29. The Morgan fingerprint density at radius 3 is 2.47 bits per heavy atom. The molecule has 178 valence electrons. The maximum atomic E-state index is 13.3. The van der Waals surface area contributed by atoms with Crippen molar-refractivity contribution in [2.24, 2.45) is 5.10 Å². The molecule has 34 heavy (non-hydrogen) atoms. The van der Waals surface area contributed by atoms with Crippen LogP contribution in [0.15, 0.2) is 64.9 Å². The number of amides is 1. The number of thioether (sulfide) groups is 1. The third kappa shape index (κ3) is 4.76. The number of allylic oxidation sites excluding steroid dienone is 1. The Morgan fingerprint density at radius 1 is 1.09 bits per heavy atom. The van der Waals surface area contributed by atoms with E-state index in [2.05, 4.69) is 32.4 Å². The van der Waals surface area contributed by atoms with Gasteiger partial charge in [0.1, 0.15) is 10.8 Å². The number of piperazine rings is 1. The Labute approximate surface area is 209 Å². The lowest BCUT2D eigenvalue weighted by Crippen LogP contribution is -2.48. The fraction of sp³-hybridized carbons (Fsp3) is 0.360. The number of methoxy groups -OCH3 is 1. The van der Waals surface area contributed by atoms with Gasteiger partial charge in [0.2, 0.25) is 0 Å². The summed E-state index contributed by atoms with van der Waals surface area (Å²) in [5.74, 6) is 0.870. The van der Waals surface area contributed by atoms with E-state index >= 15 is 0 Å². The standard InChI is InChI=1S/C25H28ClN5O2S/c1-17-22(11-12-29-13-15-30(16-14-29)20-7-9-21(33-2)10-8-20)24(32)31-25(27-17)34-23(28-31)18-3-5-19(26)6-4-18/h3-10,25,27H,11-16H2,1-2H3. The average molecular weight is 498 g/mol. The number of benzene rings is 2. The SMILES string of the molecule is COc1ccc(N2CCN(CCC3=C(C)NC4SC(c5ccc(Cl)cc5)=NN4C3=O)CC2)cc1. The first-order chi connectivity index (χ1) is 16.5. The second-order valence-corrected chi connectivity index (χ2v) is 10.1. The summed E-state index contributed by atoms with van der Waals surface area (Å²) < 4.78 is 5.26. The number of nitrogens with zero attached hydrogens (tertiary/aromatic N) is 4. The number of hydrogen-bond donors (Lipinski definition) is 1. The van der Waals surface area contributed by atoms with Crippen LogP contribution in [-0.4, -0.2) is 66.2 Å². The van der Waals surface area contributed by atoms with E-state index in [0.29, 0.717) is 11.4 Å². The number of fused-ring (bicyclic) bond motifs is 1. The third-order valence-electron chi connectivity index (χ3n) is 6.48. The van der Waals surface area contributed by atoms with Crippen molar-refractivity contribution < 1.29 is 9.53 Å². The van der Waals surface area contributed by atoms with Crippen molar-refractivity contribution in [3.05, 3.63) is 70.4 Å². The minimum absolute atomic E-state index is 0.00502. The van der Waals surface area contributed by atoms with Crippen molar-refractivity contribution in [2.75, 3.05) is 44.7 Å². The number of anilines is 1. The van der Waals surface area contributed by atoms with Crippen LogP contribution in [-0.2, 0) is 4.79 Å². The van der Waals surface area contributed by atoms with Gasteiger partial charge in [0, 0.05) is 60.3 Å². The van der Waals surface area contributed by atoms with Crippen LogP contribution >= 0.6 is 23.4 Å². The van der Waals surface area contributed by atoms with E-state index in [1.54, 1.807) is 23.9 Å². The maximum absolute atomic E-state index is 13.3. The van der Waals surface area contributed by atoms with Gasteiger partial charge in [0.15, 0.2) is 5.50 Å². The van der Waals surface area contributed by atoms with E-state index in [1.165, 1.54) is 5.69 Å². The molecular formula is C25H28ClN5O2S. The van der Waals surface area contributed by atoms with Crippen molar-refractivity contribution in [1.29, 1.82) is 0 Å². The summed E-state index contributed by atoms with van der Waals surface area (Å²) in [5, 5.41) is 11.2. The largest absolute Gasteiger partial charge is 0.497 e. The van der Waals surface area contributed by atoms with Gasteiger partial charge in [-0.2, -0.15) is 10.1 Å². The summed E-state index contributed by atoms with van der Waals surface area (Å²) >= 11 is 7.56. The zero-order valence-electron chi connectivity index (χ0n) is 19.3. The Kier molecular flexibility index (Phi) is 6.72. The fourth-order valence-electron chi connectivity index (χ4n) is 4.45. The molecule has 3 heterocycles. The van der Waals surface area contributed by atoms with Crippen LogP contribution in [0, 0.1) is 0 Å². The molecule has 2 aromatic rings. The molecule has 9 heteroatoms. The molecule has 1 saturated heterocycles. The van der Waals surface area contributed by atoms with Crippen molar-refractivity contribution in [1.82, 2.24) is 15.2 Å². The van der Waals surface area contributed by atoms with Crippen LogP contribution in [0.1, 0.15) is 18.9 Å². The molecule has 1 unspecified atom stereocenters. The van der Waals surface area contributed by atoms with Gasteiger partial charge in [-0.15, -0.1) is 0 Å². The first-order valence-corrected chi connectivity index (χ1v) is 12.7. The first kappa shape index (κ1) is 23.1. The van der Waals surface area contributed by atoms with Gasteiger partial charge in [-0.3, -0.25) is 9.69 Å². The molecule has 0 spiro atoms. The van der Waals surface area contributed by atoms with Crippen LogP contribution in [0.2, 0.25) is 5.02 Å². The zero-order valence-corrected chi connectivity index (χ0v) is 20.9. The summed E-state index contributed by atoms with van der Waals surface area (Å²) in [6, 6.07) is 15.8. The molecule has 1 N–H and O–H groups in total. The molecule has 1 fully saturated rings. The molecule has 0 bridgehead atoms. The normalized spacial score (nSPS) is 20.9. The van der Waals surface area contributed by atoms with E-state index in [0.717, 1.165) is 60.4 Å². The van der Waals surface area contributed by atoms with Crippen molar-refractivity contribution in [3.63, 3.8) is 0 Å².